The summed E-state index contributed by atoms with van der Waals surface area (Å²) in [5.74, 6) is -1.87. The van der Waals surface area contributed by atoms with Gasteiger partial charge in [-0.15, -0.1) is 0 Å². The van der Waals surface area contributed by atoms with Gasteiger partial charge in [0.1, 0.15) is 12.6 Å². The first kappa shape index (κ1) is 21.9. The fourth-order valence-electron chi connectivity index (χ4n) is 2.16. The van der Waals surface area contributed by atoms with E-state index >= 15 is 0 Å². The van der Waals surface area contributed by atoms with E-state index < -0.39 is 30.1 Å². The average molecular weight is 377 g/mol. The third kappa shape index (κ3) is 9.81. The van der Waals surface area contributed by atoms with Crippen molar-refractivity contribution in [1.29, 1.82) is 5.26 Å². The van der Waals surface area contributed by atoms with Crippen LogP contribution in [0.3, 0.4) is 0 Å². The number of nitrogens with one attached hydrogen (secondary N) is 2. The number of aliphatic hydroxyl groups excluding tert-OH is 1. The maximum absolute atomic E-state index is 11.8. The number of carboxylic acid groups (broad SMARTS) is 1. The third-order valence-corrected chi connectivity index (χ3v) is 3.53. The Morgan fingerprint density at radius 1 is 1.22 bits per heavy atom. The molecule has 2 amide bonds. The first-order valence-corrected chi connectivity index (χ1v) is 8.44. The number of carboxylic acids is 1. The monoisotopic (exact) mass is 377 g/mol. The summed E-state index contributed by atoms with van der Waals surface area (Å²) in [7, 11) is 0. The first-order chi connectivity index (χ1) is 12.9. The fraction of sp³-hybridized carbons (Fsp3) is 0.444. The molecule has 0 saturated carbocycles. The summed E-state index contributed by atoms with van der Waals surface area (Å²) in [6, 6.07) is 9.82. The summed E-state index contributed by atoms with van der Waals surface area (Å²) in [5, 5.41) is 31.9. The molecule has 4 N–H and O–H groups in total. The number of unbranched alkanes of at least 4 members (excludes halogenated alkanes) is 1. The van der Waals surface area contributed by atoms with Crippen LogP contribution >= 0.6 is 0 Å². The molecule has 0 aliphatic heterocycles. The standard InChI is InChI=1S/C18H23N3O6/c19-9-5-4-8-15(17(24)25)21-16(23)10-14(22)11-20-18(26)27-12-13-6-2-1-3-7-13/h1-3,6-7,14-15,22H,4-5,8,10-12H2,(H,20,26)(H,21,23)(H,24,25)/t14-,15+/m1/s1. The zero-order chi connectivity index (χ0) is 20.1. The molecule has 0 heterocycles. The molecule has 0 unspecified atom stereocenters. The van der Waals surface area contributed by atoms with Crippen LogP contribution < -0.4 is 10.6 Å². The molecule has 146 valence electrons. The van der Waals surface area contributed by atoms with Gasteiger partial charge in [-0.05, 0) is 18.4 Å². The molecule has 0 fully saturated rings. The number of hydrogen-bond acceptors (Lipinski definition) is 6. The quantitative estimate of drug-likeness (QED) is 0.419. The SMILES string of the molecule is N#CCCC[C@H](NC(=O)C[C@@H](O)CNC(=O)OCc1ccccc1)C(=O)O. The lowest BCUT2D eigenvalue weighted by Gasteiger charge is -2.16. The number of benzene rings is 1. The van der Waals surface area contributed by atoms with E-state index in [0.29, 0.717) is 6.42 Å². The molecule has 0 radical (unpaired) electrons. The minimum Gasteiger partial charge on any atom is -0.480 e. The molecule has 0 spiro atoms. The molecule has 1 aromatic rings. The van der Waals surface area contributed by atoms with Crippen LogP contribution in [0.4, 0.5) is 4.79 Å². The van der Waals surface area contributed by atoms with E-state index in [1.54, 1.807) is 12.1 Å². The molecule has 0 saturated heterocycles. The van der Waals surface area contributed by atoms with Crippen molar-refractivity contribution in [1.82, 2.24) is 10.6 Å². The minimum atomic E-state index is -1.21. The van der Waals surface area contributed by atoms with Gasteiger partial charge < -0.3 is 25.6 Å². The van der Waals surface area contributed by atoms with Gasteiger partial charge in [0.25, 0.3) is 0 Å². The van der Waals surface area contributed by atoms with E-state index in [9.17, 15) is 19.5 Å². The van der Waals surface area contributed by atoms with E-state index in [1.807, 2.05) is 24.3 Å². The van der Waals surface area contributed by atoms with Crippen LogP contribution in [0.15, 0.2) is 30.3 Å². The smallest absolute Gasteiger partial charge is 0.407 e. The number of rotatable bonds is 11. The molecule has 1 rings (SSSR count). The van der Waals surface area contributed by atoms with Crippen molar-refractivity contribution < 1.29 is 29.3 Å². The van der Waals surface area contributed by atoms with Gasteiger partial charge in [0.05, 0.1) is 18.6 Å². The van der Waals surface area contributed by atoms with Crippen molar-refractivity contribution >= 4 is 18.0 Å². The summed E-state index contributed by atoms with van der Waals surface area (Å²) in [5.41, 5.74) is 0.809. The zero-order valence-electron chi connectivity index (χ0n) is 14.8. The second kappa shape index (κ2) is 12.3. The molecule has 0 aliphatic rings. The molecule has 9 nitrogen and oxygen atoms in total. The van der Waals surface area contributed by atoms with Crippen LogP contribution in [0.1, 0.15) is 31.2 Å². The highest BCUT2D eigenvalue weighted by Gasteiger charge is 2.21. The Kier molecular flexibility index (Phi) is 9.96. The van der Waals surface area contributed by atoms with Crippen molar-refractivity contribution in [3.63, 3.8) is 0 Å². The summed E-state index contributed by atoms with van der Waals surface area (Å²) in [6.07, 6.45) is -1.65. The molecular weight excluding hydrogens is 354 g/mol. The van der Waals surface area contributed by atoms with Crippen molar-refractivity contribution in [3.8, 4) is 6.07 Å². The molecule has 27 heavy (non-hydrogen) atoms. The number of hydrogen-bond donors (Lipinski definition) is 4. The highest BCUT2D eigenvalue weighted by molar-refractivity contribution is 5.83. The highest BCUT2D eigenvalue weighted by atomic mass is 16.5. The lowest BCUT2D eigenvalue weighted by atomic mass is 10.1. The Hall–Kier alpha value is -3.12. The lowest BCUT2D eigenvalue weighted by molar-refractivity contribution is -0.142. The van der Waals surface area contributed by atoms with Crippen molar-refractivity contribution in [2.45, 2.75) is 44.4 Å². The molecule has 0 aromatic heterocycles. The van der Waals surface area contributed by atoms with Crippen LogP contribution in [0, 0.1) is 11.3 Å². The largest absolute Gasteiger partial charge is 0.480 e. The van der Waals surface area contributed by atoms with Gasteiger partial charge in [-0.3, -0.25) is 4.79 Å². The summed E-state index contributed by atoms with van der Waals surface area (Å²) in [6.45, 7) is -0.139. The highest BCUT2D eigenvalue weighted by Crippen LogP contribution is 2.03. The van der Waals surface area contributed by atoms with Gasteiger partial charge in [0, 0.05) is 13.0 Å². The minimum absolute atomic E-state index is 0.0756. The van der Waals surface area contributed by atoms with Crippen LogP contribution in [-0.4, -0.2) is 46.9 Å². The molecule has 1 aromatic carbocycles. The van der Waals surface area contributed by atoms with E-state index in [0.717, 1.165) is 5.56 Å². The fourth-order valence-corrected chi connectivity index (χ4v) is 2.16. The third-order valence-electron chi connectivity index (χ3n) is 3.53. The van der Waals surface area contributed by atoms with Gasteiger partial charge in [0.15, 0.2) is 0 Å². The van der Waals surface area contributed by atoms with Gasteiger partial charge in [-0.25, -0.2) is 9.59 Å². The number of alkyl carbamates (subject to hydrolysis) is 1. The van der Waals surface area contributed by atoms with E-state index in [1.165, 1.54) is 0 Å². The predicted octanol–water partition coefficient (Wildman–Crippen LogP) is 0.927. The van der Waals surface area contributed by atoms with Crippen LogP contribution in [0.5, 0.6) is 0 Å². The number of amides is 2. The Labute approximate surface area is 156 Å². The number of aliphatic carboxylic acids is 1. The second-order valence-corrected chi connectivity index (χ2v) is 5.81. The van der Waals surface area contributed by atoms with Gasteiger partial charge in [-0.1, -0.05) is 30.3 Å². The normalized spacial score (nSPS) is 12.3. The van der Waals surface area contributed by atoms with Crippen molar-refractivity contribution in [2.75, 3.05) is 6.54 Å². The van der Waals surface area contributed by atoms with Crippen LogP contribution in [0.25, 0.3) is 0 Å². The molecule has 9 heteroatoms. The van der Waals surface area contributed by atoms with Gasteiger partial charge in [0.2, 0.25) is 5.91 Å². The van der Waals surface area contributed by atoms with Crippen molar-refractivity contribution in [2.24, 2.45) is 0 Å². The number of carbonyl (C=O) groups excluding carboxylic acids is 2. The number of nitrogens with zero attached hydrogens (tertiary/aromatic N) is 1. The lowest BCUT2D eigenvalue weighted by Crippen LogP contribution is -2.43. The van der Waals surface area contributed by atoms with Gasteiger partial charge >= 0.3 is 12.1 Å². The predicted molar refractivity (Wildman–Crippen MR) is 94.3 cm³/mol. The maximum Gasteiger partial charge on any atom is 0.407 e. The summed E-state index contributed by atoms with van der Waals surface area (Å²) in [4.78, 5) is 34.5. The summed E-state index contributed by atoms with van der Waals surface area (Å²) < 4.78 is 4.97. The number of ether oxygens (including phenoxy) is 1. The van der Waals surface area contributed by atoms with Crippen LogP contribution in [0.2, 0.25) is 0 Å². The first-order valence-electron chi connectivity index (χ1n) is 8.44. The molecule has 0 bridgehead atoms. The second-order valence-electron chi connectivity index (χ2n) is 5.81. The number of aliphatic hydroxyl groups is 1. The Morgan fingerprint density at radius 3 is 2.56 bits per heavy atom. The molecule has 2 atom stereocenters. The maximum atomic E-state index is 11.8. The average Bonchev–Trinajstić information content (AvgIpc) is 2.64. The van der Waals surface area contributed by atoms with Crippen LogP contribution in [-0.2, 0) is 20.9 Å². The van der Waals surface area contributed by atoms with E-state index in [4.69, 9.17) is 15.1 Å². The summed E-state index contributed by atoms with van der Waals surface area (Å²) >= 11 is 0. The Bertz CT molecular complexity index is 659. The Balaban J connectivity index is 2.28. The zero-order valence-corrected chi connectivity index (χ0v) is 14.8. The number of carbonyl (C=O) groups is 3. The van der Waals surface area contributed by atoms with E-state index in [2.05, 4.69) is 10.6 Å². The van der Waals surface area contributed by atoms with E-state index in [-0.39, 0.29) is 32.4 Å². The van der Waals surface area contributed by atoms with Crippen molar-refractivity contribution in [3.05, 3.63) is 35.9 Å². The molecular formula is C18H23N3O6. The Morgan fingerprint density at radius 2 is 1.93 bits per heavy atom. The number of nitriles is 1. The molecule has 0 aliphatic carbocycles. The topological polar surface area (TPSA) is 149 Å². The van der Waals surface area contributed by atoms with Gasteiger partial charge in [-0.2, -0.15) is 5.26 Å².